The Labute approximate surface area is 155 Å². The number of carboxylic acids is 4. The van der Waals surface area contributed by atoms with Crippen LogP contribution in [0.2, 0.25) is 9.88 Å². The predicted molar refractivity (Wildman–Crippen MR) is 77.2 cm³/mol. The second-order valence-corrected chi connectivity index (χ2v) is 7.80. The Balaban J connectivity index is -0.000000334. The number of hydrogen-bond acceptors (Lipinski definition) is 10. The van der Waals surface area contributed by atoms with Crippen LogP contribution in [0.25, 0.3) is 0 Å². The van der Waals surface area contributed by atoms with Gasteiger partial charge in [0.2, 0.25) is 0 Å². The number of carboxylic acid groups (broad SMARTS) is 4. The van der Waals surface area contributed by atoms with E-state index >= 15 is 0 Å². The first-order valence-electron chi connectivity index (χ1n) is 7.12. The van der Waals surface area contributed by atoms with Gasteiger partial charge < -0.3 is 49.8 Å². The molecule has 0 heterocycles. The molecule has 0 amide bonds. The molecule has 2 atom stereocenters. The Kier molecular flexibility index (Phi) is 15.7. The van der Waals surface area contributed by atoms with Gasteiger partial charge in [0.15, 0.2) is 0 Å². The molecule has 0 saturated carbocycles. The molecular weight excluding hydrogens is 447 g/mol. The molecule has 0 spiro atoms. The van der Waals surface area contributed by atoms with Crippen LogP contribution < -0.4 is 20.4 Å². The van der Waals surface area contributed by atoms with E-state index in [1.54, 1.807) is 0 Å². The summed E-state index contributed by atoms with van der Waals surface area (Å²) >= 11 is 0.230. The van der Waals surface area contributed by atoms with E-state index in [1.165, 1.54) is 13.8 Å². The van der Waals surface area contributed by atoms with E-state index in [0.717, 1.165) is 0 Å². The average Bonchev–Trinajstić information content (AvgIpc) is 2.46. The molecule has 2 N–H and O–H groups in total. The number of carbonyl (C=O) groups excluding carboxylic acids is 4. The molecule has 10 nitrogen and oxygen atoms in total. The topological polar surface area (TPSA) is 201 Å². The number of carbonyl (C=O) groups is 4. The second kappa shape index (κ2) is 13.8. The van der Waals surface area contributed by atoms with Gasteiger partial charge in [0.1, 0.15) is 11.2 Å². The van der Waals surface area contributed by atoms with Gasteiger partial charge >= 0.3 is 31.0 Å². The van der Waals surface area contributed by atoms with Gasteiger partial charge in [0.05, 0.1) is 11.9 Å². The van der Waals surface area contributed by atoms with Crippen molar-refractivity contribution in [3.05, 3.63) is 0 Å². The monoisotopic (exact) mass is 470 g/mol. The van der Waals surface area contributed by atoms with E-state index < -0.39 is 47.9 Å². The normalized spacial score (nSPS) is 14.3. The van der Waals surface area contributed by atoms with Crippen molar-refractivity contribution in [3.63, 3.8) is 0 Å². The van der Waals surface area contributed by atoms with Gasteiger partial charge in [-0.25, -0.2) is 0 Å². The molecule has 0 aliphatic rings. The van der Waals surface area contributed by atoms with E-state index in [4.69, 9.17) is 10.2 Å². The molecule has 0 bridgehead atoms. The number of hydrogen-bond donors (Lipinski definition) is 2. The van der Waals surface area contributed by atoms with Gasteiger partial charge in [-0.2, -0.15) is 0 Å². The van der Waals surface area contributed by atoms with Crippen LogP contribution >= 0.6 is 0 Å². The van der Waals surface area contributed by atoms with Gasteiger partial charge in [-0.15, -0.1) is 0 Å². The van der Waals surface area contributed by atoms with Crippen molar-refractivity contribution in [2.45, 2.75) is 60.6 Å². The summed E-state index contributed by atoms with van der Waals surface area (Å²) in [5.74, 6) is -6.80. The molecule has 0 fully saturated rings. The fourth-order valence-corrected chi connectivity index (χ4v) is 1.16. The third-order valence-corrected chi connectivity index (χ3v) is 2.80. The van der Waals surface area contributed by atoms with Gasteiger partial charge in [0.25, 0.3) is 0 Å². The van der Waals surface area contributed by atoms with E-state index in [2.05, 4.69) is 9.88 Å². The first-order chi connectivity index (χ1) is 11.3. The molecule has 0 aromatic heterocycles. The molecule has 0 aliphatic heterocycles. The van der Waals surface area contributed by atoms with Crippen LogP contribution in [0.3, 0.4) is 0 Å². The quantitative estimate of drug-likeness (QED) is 0.324. The maximum atomic E-state index is 10.1. The van der Waals surface area contributed by atoms with Crippen molar-refractivity contribution in [1.29, 1.82) is 0 Å². The van der Waals surface area contributed by atoms with Crippen LogP contribution in [-0.2, 0) is 19.2 Å². The predicted octanol–water partition coefficient (Wildman–Crippen LogP) is -5.18. The molecule has 0 aromatic rings. The fraction of sp³-hybridized carbons (Fsp3) is 0.714. The molecule has 0 saturated heterocycles. The van der Waals surface area contributed by atoms with Crippen molar-refractivity contribution in [2.75, 3.05) is 0 Å². The Morgan fingerprint density at radius 3 is 1.00 bits per heavy atom. The molecule has 0 aliphatic carbocycles. The number of rotatable bonds is 8. The molecule has 25 heavy (non-hydrogen) atoms. The SMILES string of the molecule is CCC(O)(CC(=O)[O-])C(=O)[O-].CCC(O)(CC(=O)[O-])C(=O)[O-].[CH3][Sn+4][CH3]. The molecule has 11 heteroatoms. The fourth-order valence-electron chi connectivity index (χ4n) is 1.16. The molecule has 0 aromatic carbocycles. The summed E-state index contributed by atoms with van der Waals surface area (Å²) in [6.07, 6.45) is -2.32. The summed E-state index contributed by atoms with van der Waals surface area (Å²) in [6.45, 7) is 2.69. The van der Waals surface area contributed by atoms with Crippen molar-refractivity contribution >= 4 is 45.0 Å². The Hall–Kier alpha value is -1.40. The molecule has 0 rings (SSSR count). The van der Waals surface area contributed by atoms with Crippen LogP contribution in [0.15, 0.2) is 0 Å². The van der Waals surface area contributed by atoms with Crippen molar-refractivity contribution in [3.8, 4) is 0 Å². The first kappa shape index (κ1) is 28.4. The number of aliphatic carboxylic acids is 4. The second-order valence-electron chi connectivity index (χ2n) is 4.94. The van der Waals surface area contributed by atoms with Gasteiger partial charge in [-0.05, 0) is 12.8 Å². The Morgan fingerprint density at radius 1 is 0.760 bits per heavy atom. The van der Waals surface area contributed by atoms with Crippen LogP contribution in [0.1, 0.15) is 39.5 Å². The van der Waals surface area contributed by atoms with Crippen molar-refractivity contribution in [2.24, 2.45) is 0 Å². The molecular formula is C14H22O10Sn. The van der Waals surface area contributed by atoms with Gasteiger partial charge in [0, 0.05) is 24.8 Å². The van der Waals surface area contributed by atoms with Crippen LogP contribution in [0, 0.1) is 0 Å². The van der Waals surface area contributed by atoms with Gasteiger partial charge in [-0.3, -0.25) is 0 Å². The summed E-state index contributed by atoms with van der Waals surface area (Å²) in [7, 11) is 0. The standard InChI is InChI=1S/2C6H10O5.2CH3.Sn/c2*1-2-6(11,5(9)10)3-4(7)8;;;/h2*11H,2-3H2,1H3,(H,7,8)(H,9,10);2*1H3;/q;;;;+4/p-4. The zero-order valence-electron chi connectivity index (χ0n) is 14.5. The number of aliphatic hydroxyl groups is 2. The van der Waals surface area contributed by atoms with E-state index in [9.17, 15) is 39.6 Å². The van der Waals surface area contributed by atoms with Crippen LogP contribution in [-0.4, -0.2) is 66.4 Å². The van der Waals surface area contributed by atoms with E-state index in [0.29, 0.717) is 0 Å². The van der Waals surface area contributed by atoms with Crippen molar-refractivity contribution in [1.82, 2.24) is 0 Å². The first-order valence-corrected chi connectivity index (χ1v) is 12.8. The zero-order valence-corrected chi connectivity index (χ0v) is 17.3. The Bertz CT molecular complexity index is 413. The molecule has 2 unspecified atom stereocenters. The molecule has 142 valence electrons. The minimum absolute atomic E-state index is 0.219. The zero-order chi connectivity index (χ0) is 20.8. The van der Waals surface area contributed by atoms with Crippen LogP contribution in [0.5, 0.6) is 0 Å². The average molecular weight is 469 g/mol. The summed E-state index contributed by atoms with van der Waals surface area (Å²) in [5.41, 5.74) is -4.59. The minimum atomic E-state index is -2.29. The van der Waals surface area contributed by atoms with E-state index in [1.807, 2.05) is 0 Å². The third-order valence-electron chi connectivity index (χ3n) is 2.80. The van der Waals surface area contributed by atoms with Crippen LogP contribution in [0.4, 0.5) is 0 Å². The summed E-state index contributed by atoms with van der Waals surface area (Å²) in [4.78, 5) is 44.7. The summed E-state index contributed by atoms with van der Waals surface area (Å²) in [6, 6.07) is 0. The van der Waals surface area contributed by atoms with Gasteiger partial charge in [-0.1, -0.05) is 13.8 Å². The van der Waals surface area contributed by atoms with E-state index in [-0.39, 0.29) is 34.0 Å². The maximum absolute atomic E-state index is 10.1. The molecule has 6 radical (unpaired) electrons. The summed E-state index contributed by atoms with van der Waals surface area (Å²) < 4.78 is 0. The third kappa shape index (κ3) is 13.6. The summed E-state index contributed by atoms with van der Waals surface area (Å²) in [5, 5.41) is 58.1. The van der Waals surface area contributed by atoms with Crippen molar-refractivity contribution < 1.29 is 49.8 Å². The Morgan fingerprint density at radius 2 is 0.960 bits per heavy atom.